The Morgan fingerprint density at radius 2 is 1.00 bits per heavy atom. The van der Waals surface area contributed by atoms with Gasteiger partial charge in [-0.2, -0.15) is 0 Å². The molecule has 0 aliphatic carbocycles. The third-order valence-corrected chi connectivity index (χ3v) is 0. The molecule has 0 aromatic carbocycles. The molecular formula is OPbTaZn+7. The maximum absolute atomic E-state index is 0. The van der Waals surface area contributed by atoms with Crippen LogP contribution in [0.2, 0.25) is 0 Å². The van der Waals surface area contributed by atoms with Crippen LogP contribution in [0.15, 0.2) is 0 Å². The van der Waals surface area contributed by atoms with Gasteiger partial charge in [0.05, 0.1) is 0 Å². The van der Waals surface area contributed by atoms with Crippen LogP contribution in [0.25, 0.3) is 0 Å². The van der Waals surface area contributed by atoms with Crippen molar-refractivity contribution in [2.75, 3.05) is 0 Å². The van der Waals surface area contributed by atoms with Crippen LogP contribution in [-0.4, -0.2) is 27.3 Å². The molecule has 0 aliphatic heterocycles. The monoisotopic (exact) mass is 469 g/mol. The molecule has 0 rings (SSSR count). The van der Waals surface area contributed by atoms with Crippen LogP contribution in [0.3, 0.4) is 0 Å². The number of rotatable bonds is 0. The SMILES string of the molecule is [O-2].[Pb+2].[Ta+5].[Zn+2]. The predicted molar refractivity (Wildman–Crippen MR) is 6.44 cm³/mol. The Kier molecular flexibility index (Phi) is 160. The van der Waals surface area contributed by atoms with Gasteiger partial charge in [-0.05, 0) is 0 Å². The fourth-order valence-corrected chi connectivity index (χ4v) is 0. The van der Waals surface area contributed by atoms with Crippen LogP contribution in [0.1, 0.15) is 0 Å². The zero-order valence-corrected chi connectivity index (χ0v) is 12.1. The largest absolute Gasteiger partial charge is 5.00 e. The maximum atomic E-state index is 0. The molecule has 0 aromatic heterocycles. The molecule has 0 N–H and O–H groups in total. The zero-order valence-electron chi connectivity index (χ0n) is 2.06. The van der Waals surface area contributed by atoms with Gasteiger partial charge < -0.3 is 5.48 Å². The summed E-state index contributed by atoms with van der Waals surface area (Å²) in [5.74, 6) is 0. The summed E-state index contributed by atoms with van der Waals surface area (Å²) >= 11 is 0. The summed E-state index contributed by atoms with van der Waals surface area (Å²) in [4.78, 5) is 0. The van der Waals surface area contributed by atoms with Crippen molar-refractivity contribution in [3.8, 4) is 0 Å². The fraction of sp³-hybridized carbons (Fsp3) is 0. The second-order valence-corrected chi connectivity index (χ2v) is 0. The zero-order chi connectivity index (χ0) is 0. The molecule has 0 unspecified atom stereocenters. The van der Waals surface area contributed by atoms with E-state index in [0.29, 0.717) is 0 Å². The fourth-order valence-electron chi connectivity index (χ4n) is 0. The van der Waals surface area contributed by atoms with Crippen LogP contribution in [0.4, 0.5) is 0 Å². The smallest absolute Gasteiger partial charge is 2.00 e. The quantitative estimate of drug-likeness (QED) is 0.428. The Hall–Kier alpha value is 2.25. The summed E-state index contributed by atoms with van der Waals surface area (Å²) in [7, 11) is 0. The van der Waals surface area contributed by atoms with Crippen molar-refractivity contribution >= 4 is 27.3 Å². The van der Waals surface area contributed by atoms with Crippen LogP contribution >= 0.6 is 0 Å². The summed E-state index contributed by atoms with van der Waals surface area (Å²) in [6.45, 7) is 0. The van der Waals surface area contributed by atoms with Gasteiger partial charge in [0.15, 0.2) is 0 Å². The molecule has 0 aliphatic rings. The van der Waals surface area contributed by atoms with E-state index >= 15 is 0 Å². The van der Waals surface area contributed by atoms with Crippen molar-refractivity contribution < 1.29 is 47.3 Å². The second kappa shape index (κ2) is 18.7. The van der Waals surface area contributed by atoms with Crippen LogP contribution < -0.4 is 0 Å². The normalized spacial score (nSPS) is 0. The van der Waals surface area contributed by atoms with E-state index in [-0.39, 0.29) is 74.6 Å². The molecule has 0 heterocycles. The maximum Gasteiger partial charge on any atom is 5.00 e. The molecule has 0 aromatic rings. The first-order valence-electron chi connectivity index (χ1n) is 0. The van der Waals surface area contributed by atoms with Crippen molar-refractivity contribution in [1.29, 1.82) is 0 Å². The molecule has 0 atom stereocenters. The molecule has 4 heteroatoms. The van der Waals surface area contributed by atoms with Crippen LogP contribution in [0.5, 0.6) is 0 Å². The van der Waals surface area contributed by atoms with E-state index in [0.717, 1.165) is 0 Å². The van der Waals surface area contributed by atoms with Crippen molar-refractivity contribution in [1.82, 2.24) is 0 Å². The average molecular weight is 470 g/mol. The Bertz CT molecular complexity index is 8.00. The van der Waals surface area contributed by atoms with E-state index in [4.69, 9.17) is 0 Å². The van der Waals surface area contributed by atoms with Crippen molar-refractivity contribution in [3.05, 3.63) is 0 Å². The summed E-state index contributed by atoms with van der Waals surface area (Å²) in [6.07, 6.45) is 0. The minimum absolute atomic E-state index is 0. The summed E-state index contributed by atoms with van der Waals surface area (Å²) in [6, 6.07) is 0. The van der Waals surface area contributed by atoms with Gasteiger partial charge >= 0.3 is 69.2 Å². The van der Waals surface area contributed by atoms with Crippen molar-refractivity contribution in [2.24, 2.45) is 0 Å². The van der Waals surface area contributed by atoms with Crippen LogP contribution in [0, 0.1) is 0 Å². The van der Waals surface area contributed by atoms with E-state index in [9.17, 15) is 0 Å². The van der Waals surface area contributed by atoms with Crippen molar-refractivity contribution in [2.45, 2.75) is 0 Å². The van der Waals surface area contributed by atoms with E-state index in [1.54, 1.807) is 0 Å². The van der Waals surface area contributed by atoms with Gasteiger partial charge in [-0.15, -0.1) is 0 Å². The van der Waals surface area contributed by atoms with Crippen molar-refractivity contribution in [3.63, 3.8) is 0 Å². The molecule has 0 saturated heterocycles. The standard InChI is InChI=1S/O.Pb.Ta.Zn/q-2;+2;+5;+2. The first-order valence-corrected chi connectivity index (χ1v) is 0. The minimum atomic E-state index is 0. The Morgan fingerprint density at radius 3 is 1.00 bits per heavy atom. The van der Waals surface area contributed by atoms with E-state index in [1.165, 1.54) is 0 Å². The Morgan fingerprint density at radius 1 is 1.00 bits per heavy atom. The first-order chi connectivity index (χ1) is 0. The molecule has 4 heavy (non-hydrogen) atoms. The molecule has 0 saturated carbocycles. The molecule has 0 amide bonds. The summed E-state index contributed by atoms with van der Waals surface area (Å²) in [5, 5.41) is 0. The van der Waals surface area contributed by atoms with Gasteiger partial charge in [0.2, 0.25) is 0 Å². The summed E-state index contributed by atoms with van der Waals surface area (Å²) < 4.78 is 0. The van der Waals surface area contributed by atoms with Crippen LogP contribution in [-0.2, 0) is 47.3 Å². The third-order valence-electron chi connectivity index (χ3n) is 0. The van der Waals surface area contributed by atoms with E-state index in [2.05, 4.69) is 0 Å². The third kappa shape index (κ3) is 8.87. The van der Waals surface area contributed by atoms with E-state index in [1.807, 2.05) is 0 Å². The molecule has 0 bridgehead atoms. The van der Waals surface area contributed by atoms with Gasteiger partial charge in [0, 0.05) is 0 Å². The molecule has 10 valence electrons. The Balaban J connectivity index is 0. The minimum Gasteiger partial charge on any atom is -2.00 e. The van der Waals surface area contributed by atoms with Gasteiger partial charge in [-0.1, -0.05) is 0 Å². The molecule has 1 nitrogen and oxygen atoms in total. The molecular weight excluding hydrogens is 470 g/mol. The second-order valence-electron chi connectivity index (χ2n) is 0. The average Bonchev–Trinajstić information content (AvgIpc) is 0. The number of hydrogen-bond donors (Lipinski definition) is 0. The molecule has 0 fully saturated rings. The molecule has 2 radical (unpaired) electrons. The topological polar surface area (TPSA) is 28.5 Å². The van der Waals surface area contributed by atoms with Gasteiger partial charge in [-0.3, -0.25) is 0 Å². The Labute approximate surface area is 73.6 Å². The molecule has 0 spiro atoms. The van der Waals surface area contributed by atoms with E-state index < -0.39 is 0 Å². The predicted octanol–water partition coefficient (Wildman–Crippen LogP) is -0.505. The summed E-state index contributed by atoms with van der Waals surface area (Å²) in [5.41, 5.74) is 0. The van der Waals surface area contributed by atoms with Gasteiger partial charge in [0.25, 0.3) is 0 Å². The first kappa shape index (κ1) is 34.1. The van der Waals surface area contributed by atoms with Gasteiger partial charge in [-0.25, -0.2) is 0 Å². The van der Waals surface area contributed by atoms with Gasteiger partial charge in [0.1, 0.15) is 0 Å². The number of hydrogen-bond acceptors (Lipinski definition) is 0.